The van der Waals surface area contributed by atoms with Gasteiger partial charge < -0.3 is 16.8 Å². The van der Waals surface area contributed by atoms with Gasteiger partial charge in [-0.25, -0.2) is 0 Å². The van der Waals surface area contributed by atoms with E-state index >= 15 is 0 Å². The van der Waals surface area contributed by atoms with Gasteiger partial charge in [0.15, 0.2) is 0 Å². The molecule has 4 nitrogen and oxygen atoms in total. The molecule has 0 aliphatic heterocycles. The summed E-state index contributed by atoms with van der Waals surface area (Å²) in [4.78, 5) is 10.9. The number of nitrogens with one attached hydrogen (secondary N) is 1. The molecule has 7 heteroatoms. The molecule has 1 amide bonds. The minimum absolute atomic E-state index is 0.0130. The lowest BCUT2D eigenvalue weighted by Gasteiger charge is -2.12. The Bertz CT molecular complexity index is 403. The predicted molar refractivity (Wildman–Crippen MR) is 53.9 cm³/mol. The first-order chi connectivity index (χ1) is 7.29. The van der Waals surface area contributed by atoms with Crippen LogP contribution < -0.4 is 16.8 Å². The van der Waals surface area contributed by atoms with Gasteiger partial charge in [0.25, 0.3) is 5.91 Å². The van der Waals surface area contributed by atoms with Gasteiger partial charge in [-0.2, -0.15) is 13.2 Å². The van der Waals surface area contributed by atoms with E-state index in [0.29, 0.717) is 0 Å². The van der Waals surface area contributed by atoms with Gasteiger partial charge in [0, 0.05) is 11.4 Å². The lowest BCUT2D eigenvalue weighted by molar-refractivity contribution is -0.115. The van der Waals surface area contributed by atoms with Crippen molar-refractivity contribution < 1.29 is 18.0 Å². The number of nitrogens with two attached hydrogens (primary N) is 2. The molecule has 1 rings (SSSR count). The monoisotopic (exact) mass is 233 g/mol. The Kier molecular flexibility index (Phi) is 3.26. The highest BCUT2D eigenvalue weighted by Crippen LogP contribution is 2.21. The number of hydrogen-bond acceptors (Lipinski definition) is 3. The number of benzene rings is 1. The van der Waals surface area contributed by atoms with Gasteiger partial charge in [-0.05, 0) is 18.2 Å². The van der Waals surface area contributed by atoms with Crippen LogP contribution in [0.4, 0.5) is 24.5 Å². The molecule has 1 aromatic rings. The molecule has 0 radical (unpaired) electrons. The van der Waals surface area contributed by atoms with Crippen molar-refractivity contribution in [2.75, 3.05) is 17.6 Å². The van der Waals surface area contributed by atoms with Crippen LogP contribution in [0.3, 0.4) is 0 Å². The zero-order valence-electron chi connectivity index (χ0n) is 8.14. The molecule has 0 heterocycles. The zero-order valence-corrected chi connectivity index (χ0v) is 8.14. The molecule has 0 aliphatic carbocycles. The molecule has 0 bridgehead atoms. The van der Waals surface area contributed by atoms with E-state index in [0.717, 1.165) is 0 Å². The van der Waals surface area contributed by atoms with Crippen molar-refractivity contribution >= 4 is 17.3 Å². The van der Waals surface area contributed by atoms with Crippen molar-refractivity contribution in [1.82, 2.24) is 0 Å². The second-order valence-corrected chi connectivity index (χ2v) is 3.14. The number of primary amides is 1. The first-order valence-electron chi connectivity index (χ1n) is 4.29. The second kappa shape index (κ2) is 4.30. The van der Waals surface area contributed by atoms with E-state index in [9.17, 15) is 18.0 Å². The van der Waals surface area contributed by atoms with Crippen LogP contribution in [0.15, 0.2) is 18.2 Å². The van der Waals surface area contributed by atoms with E-state index in [-0.39, 0.29) is 16.9 Å². The second-order valence-electron chi connectivity index (χ2n) is 3.14. The van der Waals surface area contributed by atoms with E-state index in [4.69, 9.17) is 11.5 Å². The van der Waals surface area contributed by atoms with Crippen molar-refractivity contribution in [3.05, 3.63) is 23.8 Å². The smallest absolute Gasteiger partial charge is 0.399 e. The molecule has 0 spiro atoms. The Labute approximate surface area is 89.4 Å². The molecule has 0 saturated carbocycles. The molecule has 0 saturated heterocycles. The van der Waals surface area contributed by atoms with Crippen LogP contribution in [-0.4, -0.2) is 18.6 Å². The fraction of sp³-hybridized carbons (Fsp3) is 0.222. The molecule has 0 unspecified atom stereocenters. The number of halogens is 3. The van der Waals surface area contributed by atoms with Crippen molar-refractivity contribution in [2.45, 2.75) is 6.18 Å². The maximum atomic E-state index is 12.0. The number of hydrogen-bond donors (Lipinski definition) is 3. The number of carbonyl (C=O) groups excluding carboxylic acids is 1. The molecule has 16 heavy (non-hydrogen) atoms. The molecule has 0 atom stereocenters. The molecule has 1 aromatic carbocycles. The predicted octanol–water partition coefficient (Wildman–Crippen LogP) is 1.34. The van der Waals surface area contributed by atoms with E-state index < -0.39 is 18.6 Å². The van der Waals surface area contributed by atoms with Crippen LogP contribution in [0, 0.1) is 0 Å². The molecule has 0 aliphatic rings. The summed E-state index contributed by atoms with van der Waals surface area (Å²) in [7, 11) is 0. The van der Waals surface area contributed by atoms with Gasteiger partial charge in [-0.15, -0.1) is 0 Å². The molecular formula is C9H10F3N3O. The standard InChI is InChI=1S/C9H10F3N3O/c10-9(11,12)4-15-7-2-1-5(13)3-6(7)8(14)16/h1-3,15H,4,13H2,(H2,14,16). The molecule has 0 fully saturated rings. The molecule has 0 aromatic heterocycles. The minimum atomic E-state index is -4.36. The third kappa shape index (κ3) is 3.34. The number of nitrogen functional groups attached to an aromatic ring is 1. The normalized spacial score (nSPS) is 11.2. The van der Waals surface area contributed by atoms with Gasteiger partial charge in [0.05, 0.1) is 5.56 Å². The summed E-state index contributed by atoms with van der Waals surface area (Å²) >= 11 is 0. The molecule has 5 N–H and O–H groups in total. The molecule has 88 valence electrons. The maximum absolute atomic E-state index is 12.0. The van der Waals surface area contributed by atoms with Crippen molar-refractivity contribution in [3.63, 3.8) is 0 Å². The van der Waals surface area contributed by atoms with Crippen LogP contribution in [0.5, 0.6) is 0 Å². The Balaban J connectivity index is 2.91. The average molecular weight is 233 g/mol. The number of anilines is 2. The van der Waals surface area contributed by atoms with Crippen molar-refractivity contribution in [3.8, 4) is 0 Å². The summed E-state index contributed by atoms with van der Waals surface area (Å²) < 4.78 is 35.9. The van der Waals surface area contributed by atoms with Crippen LogP contribution in [-0.2, 0) is 0 Å². The minimum Gasteiger partial charge on any atom is -0.399 e. The number of alkyl halides is 3. The van der Waals surface area contributed by atoms with Crippen LogP contribution in [0.2, 0.25) is 0 Å². The lowest BCUT2D eigenvalue weighted by atomic mass is 10.1. The Morgan fingerprint density at radius 3 is 2.50 bits per heavy atom. The topological polar surface area (TPSA) is 81.1 Å². The Morgan fingerprint density at radius 2 is 2.00 bits per heavy atom. The summed E-state index contributed by atoms with van der Waals surface area (Å²) in [5.74, 6) is -0.836. The van der Waals surface area contributed by atoms with Gasteiger partial charge >= 0.3 is 6.18 Å². The largest absolute Gasteiger partial charge is 0.405 e. The number of carbonyl (C=O) groups is 1. The van der Waals surface area contributed by atoms with Crippen LogP contribution >= 0.6 is 0 Å². The fourth-order valence-electron chi connectivity index (χ4n) is 1.12. The average Bonchev–Trinajstić information content (AvgIpc) is 2.14. The first-order valence-corrected chi connectivity index (χ1v) is 4.29. The number of rotatable bonds is 3. The van der Waals surface area contributed by atoms with E-state index in [2.05, 4.69) is 5.32 Å². The Morgan fingerprint density at radius 1 is 1.38 bits per heavy atom. The Hall–Kier alpha value is -1.92. The van der Waals surface area contributed by atoms with Gasteiger partial charge in [-0.1, -0.05) is 0 Å². The summed E-state index contributed by atoms with van der Waals surface area (Å²) in [6.45, 7) is -1.24. The van der Waals surface area contributed by atoms with Crippen molar-refractivity contribution in [1.29, 1.82) is 0 Å². The van der Waals surface area contributed by atoms with Crippen LogP contribution in [0.1, 0.15) is 10.4 Å². The third-order valence-electron chi connectivity index (χ3n) is 1.79. The van der Waals surface area contributed by atoms with Gasteiger partial charge in [0.1, 0.15) is 6.54 Å². The summed E-state index contributed by atoms with van der Waals surface area (Å²) in [6, 6.07) is 3.88. The van der Waals surface area contributed by atoms with Crippen LogP contribution in [0.25, 0.3) is 0 Å². The maximum Gasteiger partial charge on any atom is 0.405 e. The van der Waals surface area contributed by atoms with Gasteiger partial charge in [0.2, 0.25) is 0 Å². The quantitative estimate of drug-likeness (QED) is 0.689. The summed E-state index contributed by atoms with van der Waals surface area (Å²) in [6.07, 6.45) is -4.36. The van der Waals surface area contributed by atoms with E-state index in [1.54, 1.807) is 0 Å². The van der Waals surface area contributed by atoms with Crippen molar-refractivity contribution in [2.24, 2.45) is 5.73 Å². The van der Waals surface area contributed by atoms with E-state index in [1.165, 1.54) is 18.2 Å². The van der Waals surface area contributed by atoms with Gasteiger partial charge in [-0.3, -0.25) is 4.79 Å². The first kappa shape index (κ1) is 12.2. The van der Waals surface area contributed by atoms with E-state index in [1.807, 2.05) is 0 Å². The lowest BCUT2D eigenvalue weighted by Crippen LogP contribution is -2.23. The zero-order chi connectivity index (χ0) is 12.3. The number of amides is 1. The third-order valence-corrected chi connectivity index (χ3v) is 1.79. The fourth-order valence-corrected chi connectivity index (χ4v) is 1.12. The highest BCUT2D eigenvalue weighted by molar-refractivity contribution is 5.99. The highest BCUT2D eigenvalue weighted by atomic mass is 19.4. The summed E-state index contributed by atoms with van der Waals surface area (Å²) in [5.41, 5.74) is 10.6. The SMILES string of the molecule is NC(=O)c1cc(N)ccc1NCC(F)(F)F. The summed E-state index contributed by atoms with van der Waals surface area (Å²) in [5, 5.41) is 2.08. The highest BCUT2D eigenvalue weighted by Gasteiger charge is 2.27. The molecular weight excluding hydrogens is 223 g/mol.